The van der Waals surface area contributed by atoms with Crippen LogP contribution in [0.15, 0.2) is 30.3 Å². The molecule has 3 rings (SSSR count). The van der Waals surface area contributed by atoms with E-state index in [4.69, 9.17) is 9.47 Å². The van der Waals surface area contributed by atoms with Crippen LogP contribution in [0.1, 0.15) is 83.6 Å². The molecule has 0 heterocycles. The fourth-order valence-electron chi connectivity index (χ4n) is 4.97. The maximum Gasteiger partial charge on any atom is 0.309 e. The number of hydrogen-bond donors (Lipinski definition) is 0. The molecule has 0 bridgehead atoms. The first-order valence-corrected chi connectivity index (χ1v) is 12.4. The zero-order valence-corrected chi connectivity index (χ0v) is 19.5. The average Bonchev–Trinajstić information content (AvgIpc) is 2.79. The van der Waals surface area contributed by atoms with Gasteiger partial charge in [-0.15, -0.1) is 0 Å². The lowest BCUT2D eigenvalue weighted by Gasteiger charge is -2.36. The number of carbonyl (C=O) groups excluding carboxylic acids is 1. The summed E-state index contributed by atoms with van der Waals surface area (Å²) >= 11 is 0. The molecular weight excluding hydrogens is 410 g/mol. The largest absolute Gasteiger partial charge is 0.494 e. The van der Waals surface area contributed by atoms with Crippen LogP contribution in [0, 0.1) is 17.8 Å². The summed E-state index contributed by atoms with van der Waals surface area (Å²) in [7, 11) is 0. The molecule has 0 amide bonds. The Labute approximate surface area is 191 Å². The van der Waals surface area contributed by atoms with Crippen LogP contribution in [-0.4, -0.2) is 24.6 Å². The van der Waals surface area contributed by atoms with Gasteiger partial charge in [0.05, 0.1) is 12.5 Å². The van der Waals surface area contributed by atoms with Crippen molar-refractivity contribution in [3.63, 3.8) is 0 Å². The van der Waals surface area contributed by atoms with Crippen molar-refractivity contribution < 1.29 is 23.0 Å². The quantitative estimate of drug-likeness (QED) is 0.368. The number of esters is 1. The number of hydrogen-bond acceptors (Lipinski definition) is 3. The summed E-state index contributed by atoms with van der Waals surface area (Å²) in [6, 6.07) is 7.98. The predicted octanol–water partition coefficient (Wildman–Crippen LogP) is 7.44. The Morgan fingerprint density at radius 3 is 2.41 bits per heavy atom. The topological polar surface area (TPSA) is 35.5 Å². The van der Waals surface area contributed by atoms with Gasteiger partial charge in [0.15, 0.2) is 6.10 Å². The minimum atomic E-state index is -2.90. The smallest absolute Gasteiger partial charge is 0.309 e. The number of rotatable bonds is 9. The van der Waals surface area contributed by atoms with Gasteiger partial charge in [-0.25, -0.2) is 8.78 Å². The standard InChI is InChI=1S/C27H38F2O3/c1-3-5-6-22-13-18-25(27(28,29)19-22)32-26(30)23-14-9-20(10-15-23)7-8-21-11-16-24(17-12-21)31-4-2/h7-8,11-12,16-17,20,22-23,25H,3-6,9-10,13-15,18-19H2,1-2H3/b8-7+. The molecule has 5 heteroatoms. The van der Waals surface area contributed by atoms with Crippen molar-refractivity contribution >= 4 is 12.0 Å². The fraction of sp³-hybridized carbons (Fsp3) is 0.667. The van der Waals surface area contributed by atoms with Crippen LogP contribution in [-0.2, 0) is 9.53 Å². The summed E-state index contributed by atoms with van der Waals surface area (Å²) in [5.74, 6) is -2.25. The van der Waals surface area contributed by atoms with Crippen molar-refractivity contribution in [1.29, 1.82) is 0 Å². The van der Waals surface area contributed by atoms with Gasteiger partial charge in [-0.3, -0.25) is 4.79 Å². The molecule has 2 atom stereocenters. The number of allylic oxidation sites excluding steroid dienone is 1. The third-order valence-corrected chi connectivity index (χ3v) is 6.95. The van der Waals surface area contributed by atoms with Crippen LogP contribution in [0.3, 0.4) is 0 Å². The molecule has 3 nitrogen and oxygen atoms in total. The Bertz CT molecular complexity index is 736. The molecule has 32 heavy (non-hydrogen) atoms. The number of ether oxygens (including phenoxy) is 2. The SMILES string of the molecule is CCCCC1CCC(OC(=O)C2CCC(/C=C/c3ccc(OCC)cc3)CC2)C(F)(F)C1. The van der Waals surface area contributed by atoms with E-state index >= 15 is 0 Å². The second-order valence-corrected chi connectivity index (χ2v) is 9.45. The first-order valence-electron chi connectivity index (χ1n) is 12.4. The zero-order valence-electron chi connectivity index (χ0n) is 19.5. The van der Waals surface area contributed by atoms with Crippen molar-refractivity contribution in [3.8, 4) is 5.75 Å². The molecule has 2 aliphatic rings. The van der Waals surface area contributed by atoms with Gasteiger partial charge in [0.25, 0.3) is 5.92 Å². The minimum Gasteiger partial charge on any atom is -0.494 e. The van der Waals surface area contributed by atoms with Crippen molar-refractivity contribution in [2.75, 3.05) is 6.61 Å². The minimum absolute atomic E-state index is 0.0532. The van der Waals surface area contributed by atoms with E-state index in [1.54, 1.807) is 0 Å². The zero-order chi connectivity index (χ0) is 23.0. The second-order valence-electron chi connectivity index (χ2n) is 9.45. The van der Waals surface area contributed by atoms with E-state index in [2.05, 4.69) is 19.1 Å². The van der Waals surface area contributed by atoms with Crippen molar-refractivity contribution in [2.45, 2.75) is 90.1 Å². The first-order chi connectivity index (χ1) is 15.4. The van der Waals surface area contributed by atoms with Crippen LogP contribution in [0.2, 0.25) is 0 Å². The van der Waals surface area contributed by atoms with E-state index in [0.29, 0.717) is 25.4 Å². The van der Waals surface area contributed by atoms with Crippen molar-refractivity contribution in [1.82, 2.24) is 0 Å². The molecule has 0 aromatic heterocycles. The molecule has 0 N–H and O–H groups in total. The van der Waals surface area contributed by atoms with E-state index in [-0.39, 0.29) is 24.7 Å². The van der Waals surface area contributed by atoms with Gasteiger partial charge in [0.1, 0.15) is 5.75 Å². The monoisotopic (exact) mass is 448 g/mol. The Balaban J connectivity index is 1.43. The molecule has 2 fully saturated rings. The Morgan fingerprint density at radius 1 is 1.06 bits per heavy atom. The van der Waals surface area contributed by atoms with Crippen LogP contribution >= 0.6 is 0 Å². The van der Waals surface area contributed by atoms with Gasteiger partial charge in [-0.1, -0.05) is 50.5 Å². The van der Waals surface area contributed by atoms with Crippen LogP contribution in [0.25, 0.3) is 6.08 Å². The molecule has 1 aromatic rings. The van der Waals surface area contributed by atoms with Crippen LogP contribution < -0.4 is 4.74 Å². The van der Waals surface area contributed by atoms with Gasteiger partial charge < -0.3 is 9.47 Å². The highest BCUT2D eigenvalue weighted by Gasteiger charge is 2.47. The molecule has 2 aliphatic carbocycles. The summed E-state index contributed by atoms with van der Waals surface area (Å²) in [6.45, 7) is 4.69. The molecule has 178 valence electrons. The summed E-state index contributed by atoms with van der Waals surface area (Å²) in [5.41, 5.74) is 1.12. The number of halogens is 2. The van der Waals surface area contributed by atoms with Crippen molar-refractivity contribution in [2.24, 2.45) is 17.8 Å². The van der Waals surface area contributed by atoms with Gasteiger partial charge in [0, 0.05) is 6.42 Å². The van der Waals surface area contributed by atoms with E-state index in [9.17, 15) is 13.6 Å². The molecule has 2 unspecified atom stereocenters. The number of benzene rings is 1. The predicted molar refractivity (Wildman–Crippen MR) is 124 cm³/mol. The number of unbranched alkanes of at least 4 members (excludes halogenated alkanes) is 1. The molecule has 1 aromatic carbocycles. The van der Waals surface area contributed by atoms with Crippen molar-refractivity contribution in [3.05, 3.63) is 35.9 Å². The summed E-state index contributed by atoms with van der Waals surface area (Å²) in [4.78, 5) is 12.6. The lowest BCUT2D eigenvalue weighted by atomic mass is 9.80. The Hall–Kier alpha value is -1.91. The highest BCUT2D eigenvalue weighted by Crippen LogP contribution is 2.41. The van der Waals surface area contributed by atoms with E-state index < -0.39 is 18.0 Å². The maximum absolute atomic E-state index is 14.6. The number of carbonyl (C=O) groups is 1. The van der Waals surface area contributed by atoms with E-state index in [1.165, 1.54) is 0 Å². The lowest BCUT2D eigenvalue weighted by Crippen LogP contribution is -2.44. The maximum atomic E-state index is 14.6. The number of alkyl halides is 2. The third kappa shape index (κ3) is 7.05. The molecule has 0 aliphatic heterocycles. The Kier molecular flexibility index (Phi) is 9.12. The molecule has 0 radical (unpaired) electrons. The van der Waals surface area contributed by atoms with Crippen LogP contribution in [0.5, 0.6) is 5.75 Å². The molecule has 2 saturated carbocycles. The fourth-order valence-corrected chi connectivity index (χ4v) is 4.97. The second kappa shape index (κ2) is 11.8. The van der Waals surface area contributed by atoms with Gasteiger partial charge in [-0.05, 0) is 75.0 Å². The van der Waals surface area contributed by atoms with E-state index in [0.717, 1.165) is 49.8 Å². The molecule has 0 spiro atoms. The lowest BCUT2D eigenvalue weighted by molar-refractivity contribution is -0.192. The van der Waals surface area contributed by atoms with E-state index in [1.807, 2.05) is 31.2 Å². The summed E-state index contributed by atoms with van der Waals surface area (Å²) < 4.78 is 40.0. The van der Waals surface area contributed by atoms with Gasteiger partial charge >= 0.3 is 5.97 Å². The highest BCUT2D eigenvalue weighted by atomic mass is 19.3. The van der Waals surface area contributed by atoms with Crippen LogP contribution in [0.4, 0.5) is 8.78 Å². The summed E-state index contributed by atoms with van der Waals surface area (Å²) in [5, 5.41) is 0. The molecule has 0 saturated heterocycles. The van der Waals surface area contributed by atoms with Gasteiger partial charge in [0.2, 0.25) is 0 Å². The first kappa shape index (κ1) is 24.7. The normalized spacial score (nSPS) is 27.9. The average molecular weight is 449 g/mol. The molecular formula is C27H38F2O3. The summed E-state index contributed by atoms with van der Waals surface area (Å²) in [6.07, 6.45) is 9.97. The highest BCUT2D eigenvalue weighted by molar-refractivity contribution is 5.72. The van der Waals surface area contributed by atoms with Gasteiger partial charge in [-0.2, -0.15) is 0 Å². The third-order valence-electron chi connectivity index (χ3n) is 6.95. The Morgan fingerprint density at radius 2 is 1.78 bits per heavy atom.